The largest absolute Gasteiger partial charge is 0.455 e. The summed E-state index contributed by atoms with van der Waals surface area (Å²) < 4.78 is 5.58. The summed E-state index contributed by atoms with van der Waals surface area (Å²) in [7, 11) is 0. The van der Waals surface area contributed by atoms with Gasteiger partial charge in [-0.3, -0.25) is 4.79 Å². The second kappa shape index (κ2) is 7.37. The molecule has 35 heavy (non-hydrogen) atoms. The molecule has 1 aliphatic heterocycles. The standard InChI is InChI=1S/C28H38O7/c1-15-13-22(35-23(31)16(15)2)26(5,32)27(33)14-21(30)28(34)19-10-9-17-7-6-8-20(29)25(17,4)18(19)11-12-24(27,28)3/h6-7,9,18-19,21-22,30,32-34H,8,10-14H2,1-5H3. The number of allylic oxidation sites excluding steroid dienone is 4. The molecule has 0 saturated heterocycles. The molecule has 1 heterocycles. The predicted octanol–water partition coefficient (Wildman–Crippen LogP) is 2.51. The van der Waals surface area contributed by atoms with Gasteiger partial charge in [0, 0.05) is 30.3 Å². The monoisotopic (exact) mass is 486 g/mol. The number of ketones is 1. The highest BCUT2D eigenvalue weighted by Crippen LogP contribution is 2.70. The van der Waals surface area contributed by atoms with Gasteiger partial charge in [0.1, 0.15) is 28.7 Å². The Kier molecular flexibility index (Phi) is 5.24. The third-order valence-electron chi connectivity index (χ3n) is 11.1. The highest BCUT2D eigenvalue weighted by atomic mass is 16.6. The van der Waals surface area contributed by atoms with Crippen LogP contribution >= 0.6 is 0 Å². The maximum Gasteiger partial charge on any atom is 0.334 e. The highest BCUT2D eigenvalue weighted by molar-refractivity contribution is 5.92. The van der Waals surface area contributed by atoms with Gasteiger partial charge < -0.3 is 25.2 Å². The van der Waals surface area contributed by atoms with E-state index < -0.39 is 51.7 Å². The number of aliphatic hydroxyl groups is 4. The maximum atomic E-state index is 13.2. The number of esters is 1. The Balaban J connectivity index is 1.58. The molecule has 5 rings (SSSR count). The Morgan fingerprint density at radius 2 is 1.83 bits per heavy atom. The third-order valence-corrected chi connectivity index (χ3v) is 11.1. The van der Waals surface area contributed by atoms with Gasteiger partial charge in [-0.1, -0.05) is 30.7 Å². The van der Waals surface area contributed by atoms with E-state index in [0.29, 0.717) is 31.3 Å². The number of hydrogen-bond donors (Lipinski definition) is 4. The second-order valence-electron chi connectivity index (χ2n) is 12.3. The number of aliphatic hydroxyl groups excluding tert-OH is 1. The molecule has 7 nitrogen and oxygen atoms in total. The Morgan fingerprint density at radius 1 is 1.14 bits per heavy atom. The molecule has 9 unspecified atom stereocenters. The zero-order chi connectivity index (χ0) is 25.8. The summed E-state index contributed by atoms with van der Waals surface area (Å²) in [6, 6.07) is 0. The van der Waals surface area contributed by atoms with Crippen molar-refractivity contribution in [3.05, 3.63) is 34.9 Å². The fourth-order valence-corrected chi connectivity index (χ4v) is 8.41. The van der Waals surface area contributed by atoms with Gasteiger partial charge in [-0.05, 0) is 64.4 Å². The molecule has 4 N–H and O–H groups in total. The van der Waals surface area contributed by atoms with Crippen molar-refractivity contribution in [1.29, 1.82) is 0 Å². The fraction of sp³-hybridized carbons (Fsp3) is 0.714. The molecule has 9 atom stereocenters. The first-order valence-corrected chi connectivity index (χ1v) is 12.8. The number of cyclic esters (lactones) is 1. The molecule has 0 amide bonds. The van der Waals surface area contributed by atoms with Crippen molar-refractivity contribution in [2.45, 2.75) is 102 Å². The normalized spacial score (nSPS) is 49.0. The van der Waals surface area contributed by atoms with Crippen molar-refractivity contribution in [2.75, 3.05) is 0 Å². The Bertz CT molecular complexity index is 1080. The van der Waals surface area contributed by atoms with E-state index in [0.717, 1.165) is 11.1 Å². The number of rotatable bonds is 2. The smallest absolute Gasteiger partial charge is 0.334 e. The van der Waals surface area contributed by atoms with Crippen LogP contribution < -0.4 is 0 Å². The molecule has 4 aliphatic carbocycles. The first-order valence-electron chi connectivity index (χ1n) is 12.8. The molecule has 2 saturated carbocycles. The molecule has 2 fully saturated rings. The molecule has 0 bridgehead atoms. The lowest BCUT2D eigenvalue weighted by atomic mass is 9.44. The van der Waals surface area contributed by atoms with Crippen molar-refractivity contribution in [1.82, 2.24) is 0 Å². The lowest BCUT2D eigenvalue weighted by molar-refractivity contribution is -0.283. The molecule has 0 aromatic rings. The number of hydrogen-bond acceptors (Lipinski definition) is 7. The predicted molar refractivity (Wildman–Crippen MR) is 128 cm³/mol. The summed E-state index contributed by atoms with van der Waals surface area (Å²) in [5, 5.41) is 47.9. The maximum absolute atomic E-state index is 13.2. The summed E-state index contributed by atoms with van der Waals surface area (Å²) in [5.74, 6) is -1.09. The van der Waals surface area contributed by atoms with Gasteiger partial charge in [0.15, 0.2) is 0 Å². The number of fused-ring (bicyclic) bond motifs is 5. The van der Waals surface area contributed by atoms with Crippen LogP contribution in [0, 0.1) is 22.7 Å². The van der Waals surface area contributed by atoms with Crippen molar-refractivity contribution in [2.24, 2.45) is 22.7 Å². The first kappa shape index (κ1) is 24.9. The molecule has 0 radical (unpaired) electrons. The van der Waals surface area contributed by atoms with E-state index in [9.17, 15) is 30.0 Å². The molecule has 0 spiro atoms. The topological polar surface area (TPSA) is 124 Å². The van der Waals surface area contributed by atoms with E-state index in [1.165, 1.54) is 6.92 Å². The average molecular weight is 487 g/mol. The van der Waals surface area contributed by atoms with Crippen LogP contribution in [0.1, 0.15) is 73.1 Å². The van der Waals surface area contributed by atoms with E-state index in [1.807, 2.05) is 25.2 Å². The van der Waals surface area contributed by atoms with Crippen LogP contribution in [0.4, 0.5) is 0 Å². The lowest BCUT2D eigenvalue weighted by Crippen LogP contribution is -2.72. The second-order valence-corrected chi connectivity index (χ2v) is 12.3. The van der Waals surface area contributed by atoms with Crippen molar-refractivity contribution in [3.8, 4) is 0 Å². The lowest BCUT2D eigenvalue weighted by Gasteiger charge is -2.63. The van der Waals surface area contributed by atoms with Crippen LogP contribution in [0.3, 0.4) is 0 Å². The van der Waals surface area contributed by atoms with Crippen LogP contribution in [0.2, 0.25) is 0 Å². The van der Waals surface area contributed by atoms with Crippen LogP contribution in [-0.2, 0) is 14.3 Å². The van der Waals surface area contributed by atoms with Gasteiger partial charge in [0.25, 0.3) is 0 Å². The number of Topliss-reactive ketones (excluding diaryl/α,β-unsaturated/α-hetero) is 1. The molecular formula is C28H38O7. The molecule has 192 valence electrons. The minimum absolute atomic E-state index is 0.106. The van der Waals surface area contributed by atoms with Crippen molar-refractivity contribution >= 4 is 11.8 Å². The third kappa shape index (κ3) is 2.76. The summed E-state index contributed by atoms with van der Waals surface area (Å²) in [5.41, 5.74) is -5.42. The molecule has 0 aromatic heterocycles. The van der Waals surface area contributed by atoms with Gasteiger partial charge >= 0.3 is 5.97 Å². The molecule has 5 aliphatic rings. The van der Waals surface area contributed by atoms with Gasteiger partial charge in [-0.2, -0.15) is 0 Å². The van der Waals surface area contributed by atoms with Crippen LogP contribution in [-0.4, -0.2) is 61.2 Å². The minimum atomic E-state index is -1.93. The number of ether oxygens (including phenoxy) is 1. The van der Waals surface area contributed by atoms with Gasteiger partial charge in [0.2, 0.25) is 0 Å². The quantitative estimate of drug-likeness (QED) is 0.442. The van der Waals surface area contributed by atoms with E-state index in [-0.39, 0.29) is 24.5 Å². The molecule has 7 heteroatoms. The Labute approximate surface area is 206 Å². The van der Waals surface area contributed by atoms with Gasteiger partial charge in [0.05, 0.1) is 11.5 Å². The summed E-state index contributed by atoms with van der Waals surface area (Å²) in [6.45, 7) is 8.60. The SMILES string of the molecule is CC1=C(C)C(=O)OC(C(C)(O)C2(O)CC(O)C3(O)C4CC=C5C=CCC(=O)C5(C)C4CCC32C)C1. The summed E-state index contributed by atoms with van der Waals surface area (Å²) >= 11 is 0. The first-order chi connectivity index (χ1) is 16.2. The Morgan fingerprint density at radius 3 is 2.49 bits per heavy atom. The highest BCUT2D eigenvalue weighted by Gasteiger charge is 2.79. The van der Waals surface area contributed by atoms with E-state index in [4.69, 9.17) is 4.74 Å². The van der Waals surface area contributed by atoms with Crippen LogP contribution in [0.25, 0.3) is 0 Å². The number of carbonyl (C=O) groups is 2. The zero-order valence-corrected chi connectivity index (χ0v) is 21.3. The van der Waals surface area contributed by atoms with E-state index in [2.05, 4.69) is 0 Å². The molecular weight excluding hydrogens is 448 g/mol. The van der Waals surface area contributed by atoms with Crippen molar-refractivity contribution < 1.29 is 34.8 Å². The Hall–Kier alpha value is -1.80. The number of carbonyl (C=O) groups excluding carboxylic acids is 2. The van der Waals surface area contributed by atoms with Gasteiger partial charge in [-0.15, -0.1) is 0 Å². The summed E-state index contributed by atoms with van der Waals surface area (Å²) in [6.07, 6.45) is 5.20. The average Bonchev–Trinajstić information content (AvgIpc) is 2.96. The van der Waals surface area contributed by atoms with E-state index in [1.54, 1.807) is 20.8 Å². The summed E-state index contributed by atoms with van der Waals surface area (Å²) in [4.78, 5) is 25.6. The molecule has 0 aromatic carbocycles. The zero-order valence-electron chi connectivity index (χ0n) is 21.3. The van der Waals surface area contributed by atoms with Crippen LogP contribution in [0.15, 0.2) is 34.9 Å². The van der Waals surface area contributed by atoms with Crippen LogP contribution in [0.5, 0.6) is 0 Å². The minimum Gasteiger partial charge on any atom is -0.455 e. The van der Waals surface area contributed by atoms with E-state index >= 15 is 0 Å². The fourth-order valence-electron chi connectivity index (χ4n) is 8.41. The van der Waals surface area contributed by atoms with Crippen molar-refractivity contribution in [3.63, 3.8) is 0 Å². The van der Waals surface area contributed by atoms with Gasteiger partial charge in [-0.25, -0.2) is 4.79 Å².